The fourth-order valence-electron chi connectivity index (χ4n) is 2.39. The molecule has 0 spiro atoms. The topological polar surface area (TPSA) is 93.4 Å². The van der Waals surface area contributed by atoms with Crippen LogP contribution in [-0.2, 0) is 4.79 Å². The molecule has 1 fully saturated rings. The van der Waals surface area contributed by atoms with Gasteiger partial charge in [-0.05, 0) is 50.6 Å². The van der Waals surface area contributed by atoms with Gasteiger partial charge in [-0.15, -0.1) is 0 Å². The maximum Gasteiger partial charge on any atom is 0.255 e. The summed E-state index contributed by atoms with van der Waals surface area (Å²) in [6.45, 7) is 2.87. The first-order chi connectivity index (χ1) is 10.0. The predicted molar refractivity (Wildman–Crippen MR) is 79.1 cm³/mol. The molecule has 2 atom stereocenters. The van der Waals surface area contributed by atoms with Crippen LogP contribution in [0.2, 0.25) is 0 Å². The molecule has 0 bridgehead atoms. The second kappa shape index (κ2) is 7.08. The maximum atomic E-state index is 12.2. The molecule has 6 heteroatoms. The molecular formula is C15H21N3O3. The Kier molecular flexibility index (Phi) is 5.16. The lowest BCUT2D eigenvalue weighted by Gasteiger charge is -2.28. The highest BCUT2D eigenvalue weighted by atomic mass is 16.5. The molecule has 1 aliphatic rings. The summed E-state index contributed by atoms with van der Waals surface area (Å²) < 4.78 is 5.15. The van der Waals surface area contributed by atoms with Gasteiger partial charge in [-0.1, -0.05) is 0 Å². The lowest BCUT2D eigenvalue weighted by atomic mass is 10.0. The fourth-order valence-corrected chi connectivity index (χ4v) is 2.39. The summed E-state index contributed by atoms with van der Waals surface area (Å²) in [6.07, 6.45) is 1.88. The third-order valence-corrected chi connectivity index (χ3v) is 3.46. The average molecular weight is 291 g/mol. The molecule has 2 rings (SSSR count). The number of hydrogen-bond acceptors (Lipinski definition) is 4. The molecule has 0 aliphatic carbocycles. The molecule has 4 N–H and O–H groups in total. The van der Waals surface area contributed by atoms with Crippen LogP contribution >= 0.6 is 0 Å². The van der Waals surface area contributed by atoms with Gasteiger partial charge in [-0.2, -0.15) is 0 Å². The number of nitrogens with one attached hydrogen (secondary N) is 2. The molecule has 1 aliphatic heterocycles. The van der Waals surface area contributed by atoms with Crippen LogP contribution in [0.1, 0.15) is 30.1 Å². The summed E-state index contributed by atoms with van der Waals surface area (Å²) >= 11 is 0. The first kappa shape index (κ1) is 15.3. The summed E-state index contributed by atoms with van der Waals surface area (Å²) in [4.78, 5) is 22.8. The van der Waals surface area contributed by atoms with Crippen molar-refractivity contribution in [2.45, 2.75) is 31.8 Å². The predicted octanol–water partition coefficient (Wildman–Crippen LogP) is 0.421. The number of primary amides is 1. The van der Waals surface area contributed by atoms with E-state index in [1.165, 1.54) is 0 Å². The number of carbonyl (C=O) groups excluding carboxylic acids is 2. The van der Waals surface area contributed by atoms with Gasteiger partial charge in [0.25, 0.3) is 11.8 Å². The zero-order chi connectivity index (χ0) is 15.2. The molecule has 0 aromatic heterocycles. The summed E-state index contributed by atoms with van der Waals surface area (Å²) in [5.74, 6) is -0.103. The number of ether oxygens (including phenoxy) is 1. The Morgan fingerprint density at radius 1 is 1.38 bits per heavy atom. The average Bonchev–Trinajstić information content (AvgIpc) is 2.45. The van der Waals surface area contributed by atoms with E-state index in [4.69, 9.17) is 10.5 Å². The van der Waals surface area contributed by atoms with E-state index in [1.807, 2.05) is 0 Å². The highest BCUT2D eigenvalue weighted by Gasteiger charge is 2.20. The quantitative estimate of drug-likeness (QED) is 0.733. The monoisotopic (exact) mass is 291 g/mol. The Labute approximate surface area is 124 Å². The van der Waals surface area contributed by atoms with Crippen molar-refractivity contribution >= 4 is 11.8 Å². The Morgan fingerprint density at radius 2 is 2.10 bits per heavy atom. The van der Waals surface area contributed by atoms with Gasteiger partial charge in [-0.3, -0.25) is 9.59 Å². The van der Waals surface area contributed by atoms with Crippen LogP contribution in [0.25, 0.3) is 0 Å². The van der Waals surface area contributed by atoms with Gasteiger partial charge in [0, 0.05) is 17.6 Å². The third-order valence-electron chi connectivity index (χ3n) is 3.46. The van der Waals surface area contributed by atoms with Crippen LogP contribution in [0.3, 0.4) is 0 Å². The molecule has 1 aromatic carbocycles. The van der Waals surface area contributed by atoms with Gasteiger partial charge in [0.05, 0.1) is 0 Å². The minimum atomic E-state index is -0.531. The Balaban J connectivity index is 1.88. The summed E-state index contributed by atoms with van der Waals surface area (Å²) in [5.41, 5.74) is 5.58. The number of nitrogens with two attached hydrogens (primary N) is 1. The van der Waals surface area contributed by atoms with Gasteiger partial charge in [0.15, 0.2) is 6.61 Å². The normalized spacial score (nSPS) is 21.6. The lowest BCUT2D eigenvalue weighted by molar-refractivity contribution is -0.119. The highest BCUT2D eigenvalue weighted by Crippen LogP contribution is 2.13. The van der Waals surface area contributed by atoms with Gasteiger partial charge in [0.2, 0.25) is 0 Å². The number of rotatable bonds is 5. The number of amides is 2. The minimum Gasteiger partial charge on any atom is -0.484 e. The van der Waals surface area contributed by atoms with Crippen LogP contribution in [0, 0.1) is 0 Å². The van der Waals surface area contributed by atoms with Crippen LogP contribution in [0.15, 0.2) is 24.3 Å². The van der Waals surface area contributed by atoms with Crippen LogP contribution in [-0.4, -0.2) is 37.0 Å². The first-order valence-electron chi connectivity index (χ1n) is 7.10. The number of benzene rings is 1. The molecule has 2 amide bonds. The Hall–Kier alpha value is -2.08. The van der Waals surface area contributed by atoms with E-state index >= 15 is 0 Å². The zero-order valence-corrected chi connectivity index (χ0v) is 12.1. The van der Waals surface area contributed by atoms with Crippen molar-refractivity contribution in [3.05, 3.63) is 29.8 Å². The van der Waals surface area contributed by atoms with Crippen LogP contribution in [0.4, 0.5) is 0 Å². The van der Waals surface area contributed by atoms with Crippen molar-refractivity contribution in [3.63, 3.8) is 0 Å². The van der Waals surface area contributed by atoms with E-state index in [9.17, 15) is 9.59 Å². The van der Waals surface area contributed by atoms with Gasteiger partial charge in [-0.25, -0.2) is 0 Å². The summed E-state index contributed by atoms with van der Waals surface area (Å²) in [7, 11) is 0. The fraction of sp³-hybridized carbons (Fsp3) is 0.467. The SMILES string of the molecule is CC1CC(NC(=O)c2ccc(OCC(N)=O)cc2)CCN1. The van der Waals surface area contributed by atoms with Crippen molar-refractivity contribution in [1.82, 2.24) is 10.6 Å². The number of hydrogen-bond donors (Lipinski definition) is 3. The Morgan fingerprint density at radius 3 is 2.71 bits per heavy atom. The van der Waals surface area contributed by atoms with Gasteiger partial charge >= 0.3 is 0 Å². The van der Waals surface area contributed by atoms with Crippen molar-refractivity contribution in [2.75, 3.05) is 13.2 Å². The van der Waals surface area contributed by atoms with E-state index in [-0.39, 0.29) is 18.6 Å². The molecule has 1 heterocycles. The Bertz CT molecular complexity index is 501. The molecule has 2 unspecified atom stereocenters. The summed E-state index contributed by atoms with van der Waals surface area (Å²) in [6, 6.07) is 7.30. The standard InChI is InChI=1S/C15H21N3O3/c1-10-8-12(6-7-17-10)18-15(20)11-2-4-13(5-3-11)21-9-14(16)19/h2-5,10,12,17H,6-9H2,1H3,(H2,16,19)(H,18,20). The summed E-state index contributed by atoms with van der Waals surface area (Å²) in [5, 5.41) is 6.39. The molecule has 1 aromatic rings. The van der Waals surface area contributed by atoms with E-state index in [0.717, 1.165) is 19.4 Å². The van der Waals surface area contributed by atoms with Crippen molar-refractivity contribution in [2.24, 2.45) is 5.73 Å². The molecule has 21 heavy (non-hydrogen) atoms. The van der Waals surface area contributed by atoms with E-state index in [2.05, 4.69) is 17.6 Å². The molecule has 114 valence electrons. The van der Waals surface area contributed by atoms with Gasteiger partial charge < -0.3 is 21.1 Å². The zero-order valence-electron chi connectivity index (χ0n) is 12.1. The van der Waals surface area contributed by atoms with E-state index in [0.29, 0.717) is 17.4 Å². The lowest BCUT2D eigenvalue weighted by Crippen LogP contribution is -2.46. The van der Waals surface area contributed by atoms with Crippen molar-refractivity contribution in [3.8, 4) is 5.75 Å². The van der Waals surface area contributed by atoms with E-state index < -0.39 is 5.91 Å². The molecular weight excluding hydrogens is 270 g/mol. The second-order valence-corrected chi connectivity index (χ2v) is 5.33. The molecule has 0 radical (unpaired) electrons. The smallest absolute Gasteiger partial charge is 0.255 e. The van der Waals surface area contributed by atoms with Crippen LogP contribution < -0.4 is 21.1 Å². The maximum absolute atomic E-state index is 12.2. The van der Waals surface area contributed by atoms with Crippen molar-refractivity contribution in [1.29, 1.82) is 0 Å². The second-order valence-electron chi connectivity index (χ2n) is 5.33. The highest BCUT2D eigenvalue weighted by molar-refractivity contribution is 5.94. The van der Waals surface area contributed by atoms with Crippen LogP contribution in [0.5, 0.6) is 5.75 Å². The van der Waals surface area contributed by atoms with Crippen molar-refractivity contribution < 1.29 is 14.3 Å². The largest absolute Gasteiger partial charge is 0.484 e. The minimum absolute atomic E-state index is 0.0875. The number of carbonyl (C=O) groups is 2. The third kappa shape index (κ3) is 4.75. The molecule has 1 saturated heterocycles. The molecule has 0 saturated carbocycles. The van der Waals surface area contributed by atoms with Gasteiger partial charge in [0.1, 0.15) is 5.75 Å². The van der Waals surface area contributed by atoms with E-state index in [1.54, 1.807) is 24.3 Å². The molecule has 6 nitrogen and oxygen atoms in total. The number of piperidine rings is 1. The first-order valence-corrected chi connectivity index (χ1v) is 7.10.